The molecule has 0 saturated carbocycles. The number of aromatic carboxylic acids is 1. The van der Waals surface area contributed by atoms with Gasteiger partial charge in [-0.15, -0.1) is 0 Å². The second-order valence-corrected chi connectivity index (χ2v) is 3.41. The lowest BCUT2D eigenvalue weighted by Crippen LogP contribution is -2.00. The van der Waals surface area contributed by atoms with E-state index in [0.29, 0.717) is 5.56 Å². The molecule has 1 N–H and O–H groups in total. The van der Waals surface area contributed by atoms with Crippen LogP contribution in [0.4, 0.5) is 4.39 Å². The van der Waals surface area contributed by atoms with E-state index in [1.54, 1.807) is 0 Å². The van der Waals surface area contributed by atoms with Crippen LogP contribution in [0, 0.1) is 17.7 Å². The molecular formula is C13H13FO2. The molecule has 0 fully saturated rings. The third-order valence-electron chi connectivity index (χ3n) is 2.08. The second-order valence-electron chi connectivity index (χ2n) is 3.41. The third-order valence-corrected chi connectivity index (χ3v) is 2.08. The number of unbranched alkanes of at least 4 members (excludes halogenated alkanes) is 2. The van der Waals surface area contributed by atoms with Crippen molar-refractivity contribution in [2.75, 3.05) is 0 Å². The summed E-state index contributed by atoms with van der Waals surface area (Å²) in [6, 6.07) is 3.88. The molecular weight excluding hydrogens is 207 g/mol. The number of halogens is 1. The molecule has 1 aromatic carbocycles. The van der Waals surface area contributed by atoms with E-state index >= 15 is 0 Å². The zero-order valence-corrected chi connectivity index (χ0v) is 9.09. The van der Waals surface area contributed by atoms with Gasteiger partial charge < -0.3 is 5.11 Å². The normalized spacial score (nSPS) is 9.38. The van der Waals surface area contributed by atoms with Crippen LogP contribution < -0.4 is 0 Å². The zero-order chi connectivity index (χ0) is 12.0. The number of hydrogen-bond acceptors (Lipinski definition) is 1. The molecule has 0 saturated heterocycles. The summed E-state index contributed by atoms with van der Waals surface area (Å²) in [6.07, 6.45) is 2.86. The van der Waals surface area contributed by atoms with Crippen molar-refractivity contribution in [2.24, 2.45) is 0 Å². The van der Waals surface area contributed by atoms with Gasteiger partial charge in [0, 0.05) is 12.0 Å². The lowest BCUT2D eigenvalue weighted by molar-refractivity contribution is 0.0692. The monoisotopic (exact) mass is 220 g/mol. The van der Waals surface area contributed by atoms with Crippen LogP contribution in [0.3, 0.4) is 0 Å². The Morgan fingerprint density at radius 2 is 2.25 bits per heavy atom. The molecule has 2 nitrogen and oxygen atoms in total. The SMILES string of the molecule is CCCCC#Cc1ccc(F)c(C(=O)O)c1. The van der Waals surface area contributed by atoms with Gasteiger partial charge >= 0.3 is 5.97 Å². The smallest absolute Gasteiger partial charge is 0.338 e. The number of carboxylic acid groups (broad SMARTS) is 1. The van der Waals surface area contributed by atoms with Crippen molar-refractivity contribution in [3.05, 3.63) is 35.1 Å². The van der Waals surface area contributed by atoms with Crippen LogP contribution in [0.5, 0.6) is 0 Å². The quantitative estimate of drug-likeness (QED) is 0.628. The zero-order valence-electron chi connectivity index (χ0n) is 9.09. The lowest BCUT2D eigenvalue weighted by atomic mass is 10.1. The molecule has 0 bridgehead atoms. The summed E-state index contributed by atoms with van der Waals surface area (Å²) in [7, 11) is 0. The Kier molecular flexibility index (Phi) is 4.53. The molecule has 1 rings (SSSR count). The molecule has 0 aliphatic heterocycles. The van der Waals surface area contributed by atoms with Gasteiger partial charge in [-0.1, -0.05) is 25.2 Å². The Morgan fingerprint density at radius 3 is 2.88 bits per heavy atom. The Hall–Kier alpha value is -1.82. The number of hydrogen-bond donors (Lipinski definition) is 1. The average Bonchev–Trinajstić information content (AvgIpc) is 2.26. The van der Waals surface area contributed by atoms with E-state index < -0.39 is 11.8 Å². The van der Waals surface area contributed by atoms with Crippen molar-refractivity contribution >= 4 is 5.97 Å². The highest BCUT2D eigenvalue weighted by Crippen LogP contribution is 2.09. The molecule has 1 aromatic rings. The summed E-state index contributed by atoms with van der Waals surface area (Å²) in [5.74, 6) is 3.75. The summed E-state index contributed by atoms with van der Waals surface area (Å²) in [6.45, 7) is 2.07. The van der Waals surface area contributed by atoms with Crippen LogP contribution in [0.2, 0.25) is 0 Å². The highest BCUT2D eigenvalue weighted by Gasteiger charge is 2.09. The Morgan fingerprint density at radius 1 is 1.50 bits per heavy atom. The van der Waals surface area contributed by atoms with Crippen molar-refractivity contribution in [1.29, 1.82) is 0 Å². The molecule has 0 aliphatic carbocycles. The van der Waals surface area contributed by atoms with Gasteiger partial charge in [-0.3, -0.25) is 0 Å². The van der Waals surface area contributed by atoms with Gasteiger partial charge in [-0.25, -0.2) is 9.18 Å². The standard InChI is InChI=1S/C13H13FO2/c1-2-3-4-5-6-10-7-8-12(14)11(9-10)13(15)16/h7-9H,2-4H2,1H3,(H,15,16). The summed E-state index contributed by atoms with van der Waals surface area (Å²) < 4.78 is 13.0. The lowest BCUT2D eigenvalue weighted by Gasteiger charge is -1.97. The first-order valence-electron chi connectivity index (χ1n) is 5.17. The van der Waals surface area contributed by atoms with Gasteiger partial charge in [-0.05, 0) is 24.6 Å². The van der Waals surface area contributed by atoms with Gasteiger partial charge in [0.2, 0.25) is 0 Å². The fraction of sp³-hybridized carbons (Fsp3) is 0.308. The van der Waals surface area contributed by atoms with Crippen LogP contribution in [0.15, 0.2) is 18.2 Å². The number of rotatable bonds is 3. The van der Waals surface area contributed by atoms with Gasteiger partial charge in [0.25, 0.3) is 0 Å². The molecule has 0 atom stereocenters. The molecule has 0 amide bonds. The Labute approximate surface area is 94.1 Å². The largest absolute Gasteiger partial charge is 0.478 e. The molecule has 3 heteroatoms. The molecule has 84 valence electrons. The third kappa shape index (κ3) is 3.39. The van der Waals surface area contributed by atoms with Gasteiger partial charge in [0.1, 0.15) is 5.82 Å². The highest BCUT2D eigenvalue weighted by molar-refractivity contribution is 5.88. The van der Waals surface area contributed by atoms with E-state index in [0.717, 1.165) is 25.3 Å². The fourth-order valence-electron chi connectivity index (χ4n) is 1.20. The van der Waals surface area contributed by atoms with Crippen LogP contribution in [0.1, 0.15) is 42.1 Å². The summed E-state index contributed by atoms with van der Waals surface area (Å²) in [5.41, 5.74) is 0.206. The van der Waals surface area contributed by atoms with Crippen molar-refractivity contribution < 1.29 is 14.3 Å². The topological polar surface area (TPSA) is 37.3 Å². The summed E-state index contributed by atoms with van der Waals surface area (Å²) in [4.78, 5) is 10.7. The average molecular weight is 220 g/mol. The van der Waals surface area contributed by atoms with Crippen LogP contribution in [-0.4, -0.2) is 11.1 Å². The maximum atomic E-state index is 13.0. The van der Waals surface area contributed by atoms with Gasteiger partial charge in [0.05, 0.1) is 5.56 Å². The number of carbonyl (C=O) groups is 1. The van der Waals surface area contributed by atoms with Crippen molar-refractivity contribution in [3.63, 3.8) is 0 Å². The number of benzene rings is 1. The maximum Gasteiger partial charge on any atom is 0.338 e. The van der Waals surface area contributed by atoms with E-state index in [1.165, 1.54) is 12.1 Å². The minimum absolute atomic E-state index is 0.331. The van der Waals surface area contributed by atoms with E-state index in [1.807, 2.05) is 0 Å². The Balaban J connectivity index is 2.85. The van der Waals surface area contributed by atoms with Crippen molar-refractivity contribution in [3.8, 4) is 11.8 Å². The minimum Gasteiger partial charge on any atom is -0.478 e. The van der Waals surface area contributed by atoms with E-state index in [4.69, 9.17) is 5.11 Å². The maximum absolute atomic E-state index is 13.0. The first kappa shape index (κ1) is 12.3. The highest BCUT2D eigenvalue weighted by atomic mass is 19.1. The first-order valence-corrected chi connectivity index (χ1v) is 5.17. The first-order chi connectivity index (χ1) is 7.65. The van der Waals surface area contributed by atoms with E-state index in [-0.39, 0.29) is 5.56 Å². The van der Waals surface area contributed by atoms with E-state index in [2.05, 4.69) is 18.8 Å². The molecule has 0 spiro atoms. The van der Waals surface area contributed by atoms with Gasteiger partial charge in [0.15, 0.2) is 0 Å². The van der Waals surface area contributed by atoms with Crippen molar-refractivity contribution in [2.45, 2.75) is 26.2 Å². The van der Waals surface area contributed by atoms with Crippen molar-refractivity contribution in [1.82, 2.24) is 0 Å². The molecule has 0 unspecified atom stereocenters. The van der Waals surface area contributed by atoms with Crippen LogP contribution in [-0.2, 0) is 0 Å². The summed E-state index contributed by atoms with van der Waals surface area (Å²) >= 11 is 0. The predicted molar refractivity (Wildman–Crippen MR) is 59.8 cm³/mol. The van der Waals surface area contributed by atoms with Gasteiger partial charge in [-0.2, -0.15) is 0 Å². The number of carboxylic acids is 1. The molecule has 16 heavy (non-hydrogen) atoms. The molecule has 0 aliphatic rings. The summed E-state index contributed by atoms with van der Waals surface area (Å²) in [5, 5.41) is 8.71. The fourth-order valence-corrected chi connectivity index (χ4v) is 1.20. The molecule has 0 aromatic heterocycles. The van der Waals surface area contributed by atoms with Crippen LogP contribution >= 0.6 is 0 Å². The Bertz CT molecular complexity index is 441. The predicted octanol–water partition coefficient (Wildman–Crippen LogP) is 3.07. The minimum atomic E-state index is -1.27. The second kappa shape index (κ2) is 5.92. The van der Waals surface area contributed by atoms with Crippen LogP contribution in [0.25, 0.3) is 0 Å². The molecule has 0 heterocycles. The van der Waals surface area contributed by atoms with E-state index in [9.17, 15) is 9.18 Å². The molecule has 0 radical (unpaired) electrons.